The highest BCUT2D eigenvalue weighted by molar-refractivity contribution is 7.44. The Hall–Kier alpha value is -0.143. The number of Topliss-reactive ketones (excluding diaryl/α,β-unsaturated/α-hetero) is 1. The van der Waals surface area contributed by atoms with E-state index in [-0.39, 0.29) is 23.7 Å². The molecule has 0 amide bonds. The summed E-state index contributed by atoms with van der Waals surface area (Å²) in [5.74, 6) is 0.122. The predicted octanol–water partition coefficient (Wildman–Crippen LogP) is 8.12. The molecule has 0 saturated carbocycles. The zero-order valence-electron chi connectivity index (χ0n) is 24.2. The van der Waals surface area contributed by atoms with Crippen LogP contribution < -0.4 is 0 Å². The van der Waals surface area contributed by atoms with Crippen LogP contribution in [0.15, 0.2) is 12.2 Å². The van der Waals surface area contributed by atoms with Gasteiger partial charge in [-0.3, -0.25) is 9.32 Å². The third kappa shape index (κ3) is 11.3. The minimum atomic E-state index is -2.66. The average molecular weight is 520 g/mol. The van der Waals surface area contributed by atoms with Crippen molar-refractivity contribution in [3.05, 3.63) is 12.2 Å². The van der Waals surface area contributed by atoms with Gasteiger partial charge in [-0.25, -0.2) is 4.67 Å². The summed E-state index contributed by atoms with van der Waals surface area (Å²) in [6.45, 7) is 30.0. The first-order chi connectivity index (χ1) is 15.6. The Labute approximate surface area is 213 Å². The zero-order chi connectivity index (χ0) is 26.7. The lowest BCUT2D eigenvalue weighted by atomic mass is 9.99. The zero-order valence-corrected chi connectivity index (χ0v) is 26.1. The number of allylic oxidation sites excluding steroid dienone is 1. The quantitative estimate of drug-likeness (QED) is 0.0743. The van der Waals surface area contributed by atoms with Crippen LogP contribution in [-0.4, -0.2) is 50.1 Å². The van der Waals surface area contributed by atoms with Gasteiger partial charge in [-0.2, -0.15) is 0 Å². The lowest BCUT2D eigenvalue weighted by molar-refractivity contribution is -0.115. The maximum Gasteiger partial charge on any atom is 0.345 e. The van der Waals surface area contributed by atoms with Crippen molar-refractivity contribution in [1.82, 2.24) is 4.67 Å². The van der Waals surface area contributed by atoms with Gasteiger partial charge < -0.3 is 13.4 Å². The largest absolute Gasteiger partial charge is 0.389 e. The molecular weight excluding hydrogens is 465 g/mol. The molecule has 0 saturated heterocycles. The minimum absolute atomic E-state index is 0.122. The van der Waals surface area contributed by atoms with E-state index in [2.05, 4.69) is 87.4 Å². The summed E-state index contributed by atoms with van der Waals surface area (Å²) in [6.07, 6.45) is 2.99. The SMILES string of the molecule is C=C(C)C(=O)CCCC(C)(C)O[Si](OCOP(OCCC)N(C(C)C)C(C)C)(C(C)C)C(C)C. The van der Waals surface area contributed by atoms with Gasteiger partial charge in [-0.15, -0.1) is 0 Å². The second-order valence-corrected chi connectivity index (χ2v) is 16.7. The Morgan fingerprint density at radius 2 is 1.53 bits per heavy atom. The van der Waals surface area contributed by atoms with Gasteiger partial charge in [0.1, 0.15) is 6.79 Å². The maximum atomic E-state index is 12.0. The molecule has 0 radical (unpaired) electrons. The van der Waals surface area contributed by atoms with E-state index in [1.165, 1.54) is 0 Å². The molecule has 0 spiro atoms. The Bertz CT molecular complexity index is 594. The molecular formula is C26H54NO5PSi. The summed E-state index contributed by atoms with van der Waals surface area (Å²) in [5, 5.41) is 0. The van der Waals surface area contributed by atoms with Crippen LogP contribution in [0.4, 0.5) is 0 Å². The van der Waals surface area contributed by atoms with Gasteiger partial charge in [0.2, 0.25) is 0 Å². The van der Waals surface area contributed by atoms with E-state index in [0.29, 0.717) is 30.7 Å². The van der Waals surface area contributed by atoms with E-state index in [9.17, 15) is 4.79 Å². The summed E-state index contributed by atoms with van der Waals surface area (Å²) in [6, 6.07) is 0.606. The van der Waals surface area contributed by atoms with Crippen molar-refractivity contribution >= 4 is 22.9 Å². The summed E-state index contributed by atoms with van der Waals surface area (Å²) >= 11 is 0. The van der Waals surface area contributed by atoms with Crippen molar-refractivity contribution in [3.8, 4) is 0 Å². The van der Waals surface area contributed by atoms with Crippen LogP contribution in [0.1, 0.15) is 109 Å². The molecule has 0 fully saturated rings. The molecule has 6 nitrogen and oxygen atoms in total. The molecule has 0 N–H and O–H groups in total. The normalized spacial score (nSPS) is 14.1. The highest BCUT2D eigenvalue weighted by Crippen LogP contribution is 2.47. The third-order valence-electron chi connectivity index (χ3n) is 5.80. The van der Waals surface area contributed by atoms with Crippen LogP contribution in [0.5, 0.6) is 0 Å². The molecule has 8 heteroatoms. The fraction of sp³-hybridized carbons (Fsp3) is 0.885. The van der Waals surface area contributed by atoms with Gasteiger partial charge in [0, 0.05) is 18.5 Å². The lowest BCUT2D eigenvalue weighted by Crippen LogP contribution is -2.53. The van der Waals surface area contributed by atoms with E-state index in [1.54, 1.807) is 6.92 Å². The highest BCUT2D eigenvalue weighted by atomic mass is 31.2. The smallest absolute Gasteiger partial charge is 0.345 e. The van der Waals surface area contributed by atoms with E-state index in [4.69, 9.17) is 17.9 Å². The van der Waals surface area contributed by atoms with Gasteiger partial charge in [-0.05, 0) is 84.4 Å². The van der Waals surface area contributed by atoms with E-state index >= 15 is 0 Å². The van der Waals surface area contributed by atoms with Crippen molar-refractivity contribution < 1.29 is 22.7 Å². The molecule has 0 rings (SSSR count). The van der Waals surface area contributed by atoms with Crippen LogP contribution in [-0.2, 0) is 22.7 Å². The summed E-state index contributed by atoms with van der Waals surface area (Å²) in [5.41, 5.74) is 0.690. The monoisotopic (exact) mass is 519 g/mol. The molecule has 0 aliphatic heterocycles. The third-order valence-corrected chi connectivity index (χ3v) is 12.5. The molecule has 0 aliphatic carbocycles. The standard InChI is InChI=1S/C26H54NO5PSi/c1-14-18-29-33(27(21(4)5)22(6)7)30-19-31-34(23(8)9,24(10)11)32-26(12,13)17-15-16-25(28)20(2)3/h21-24H,2,14-19H2,1,3-13H3. The van der Waals surface area contributed by atoms with Crippen molar-refractivity contribution in [2.24, 2.45) is 0 Å². The Morgan fingerprint density at radius 3 is 1.94 bits per heavy atom. The van der Waals surface area contributed by atoms with Crippen LogP contribution in [0.3, 0.4) is 0 Å². The van der Waals surface area contributed by atoms with Crippen molar-refractivity contribution in [1.29, 1.82) is 0 Å². The number of carbonyl (C=O) groups is 1. The van der Waals surface area contributed by atoms with Crippen LogP contribution in [0.25, 0.3) is 0 Å². The van der Waals surface area contributed by atoms with Crippen molar-refractivity contribution in [2.75, 3.05) is 13.4 Å². The number of nitrogens with zero attached hydrogens (tertiary/aromatic N) is 1. The number of carbonyl (C=O) groups excluding carboxylic acids is 1. The molecule has 0 aliphatic rings. The molecule has 202 valence electrons. The summed E-state index contributed by atoms with van der Waals surface area (Å²) in [4.78, 5) is 12.0. The first kappa shape index (κ1) is 33.9. The van der Waals surface area contributed by atoms with Gasteiger partial charge in [0.05, 0.1) is 12.2 Å². The second-order valence-electron chi connectivity index (χ2n) is 11.0. The fourth-order valence-electron chi connectivity index (χ4n) is 4.11. The van der Waals surface area contributed by atoms with Crippen molar-refractivity contribution in [3.63, 3.8) is 0 Å². The first-order valence-corrected chi connectivity index (χ1v) is 16.1. The van der Waals surface area contributed by atoms with E-state index < -0.39 is 22.7 Å². The van der Waals surface area contributed by atoms with Gasteiger partial charge >= 0.3 is 8.56 Å². The summed E-state index contributed by atoms with van der Waals surface area (Å²) < 4.78 is 28.2. The minimum Gasteiger partial charge on any atom is -0.389 e. The predicted molar refractivity (Wildman–Crippen MR) is 147 cm³/mol. The highest BCUT2D eigenvalue weighted by Gasteiger charge is 2.49. The first-order valence-electron chi connectivity index (χ1n) is 13.0. The molecule has 0 aromatic carbocycles. The molecule has 0 heterocycles. The molecule has 0 aromatic heterocycles. The molecule has 1 unspecified atom stereocenters. The lowest BCUT2D eigenvalue weighted by Gasteiger charge is -2.44. The van der Waals surface area contributed by atoms with Gasteiger partial charge in [0.15, 0.2) is 5.78 Å². The van der Waals surface area contributed by atoms with Crippen LogP contribution in [0.2, 0.25) is 11.1 Å². The Kier molecular flexibility index (Phi) is 15.8. The van der Waals surface area contributed by atoms with Gasteiger partial charge in [0.25, 0.3) is 8.53 Å². The van der Waals surface area contributed by atoms with Crippen LogP contribution in [0, 0.1) is 0 Å². The Morgan fingerprint density at radius 1 is 1.00 bits per heavy atom. The van der Waals surface area contributed by atoms with Crippen LogP contribution >= 0.6 is 8.53 Å². The topological polar surface area (TPSA) is 57.2 Å². The maximum absolute atomic E-state index is 12.0. The number of hydrogen-bond acceptors (Lipinski definition) is 6. The van der Waals surface area contributed by atoms with Gasteiger partial charge in [-0.1, -0.05) is 41.2 Å². The number of ketones is 1. The molecule has 34 heavy (non-hydrogen) atoms. The van der Waals surface area contributed by atoms with E-state index in [1.807, 2.05) is 0 Å². The Balaban J connectivity index is 5.47. The molecule has 0 aromatic rings. The molecule has 0 bridgehead atoms. The van der Waals surface area contributed by atoms with E-state index in [0.717, 1.165) is 19.3 Å². The second kappa shape index (κ2) is 15.9. The summed E-state index contributed by atoms with van der Waals surface area (Å²) in [7, 11) is -3.89. The molecule has 1 atom stereocenters. The number of rotatable bonds is 19. The fourth-order valence-corrected chi connectivity index (χ4v) is 9.53. The average Bonchev–Trinajstić information content (AvgIpc) is 2.69. The van der Waals surface area contributed by atoms with Crippen molar-refractivity contribution in [2.45, 2.75) is 138 Å². The number of hydrogen-bond donors (Lipinski definition) is 0.